The minimum Gasteiger partial charge on any atom is -0.355 e. The van der Waals surface area contributed by atoms with Gasteiger partial charge in [0.05, 0.1) is 5.54 Å². The van der Waals surface area contributed by atoms with Crippen LogP contribution < -0.4 is 11.1 Å². The molecule has 4 nitrogen and oxygen atoms in total. The van der Waals surface area contributed by atoms with Crippen molar-refractivity contribution in [3.05, 3.63) is 0 Å². The number of nitrogens with two attached hydrogens (primary N) is 1. The lowest BCUT2D eigenvalue weighted by Crippen LogP contribution is -2.43. The quantitative estimate of drug-likeness (QED) is 0.705. The van der Waals surface area contributed by atoms with E-state index in [0.717, 1.165) is 25.8 Å². The molecule has 1 saturated carbocycles. The van der Waals surface area contributed by atoms with Gasteiger partial charge in [-0.1, -0.05) is 12.8 Å². The molecule has 6 heteroatoms. The molecule has 1 aliphatic carbocycles. The summed E-state index contributed by atoms with van der Waals surface area (Å²) in [5.74, 6) is 0.0542. The summed E-state index contributed by atoms with van der Waals surface area (Å²) in [6, 6.07) is 0. The van der Waals surface area contributed by atoms with E-state index in [0.29, 0.717) is 0 Å². The maximum Gasteiger partial charge on any atom is 0.240 e. The molecule has 0 bridgehead atoms. The van der Waals surface area contributed by atoms with Crippen molar-refractivity contribution in [2.45, 2.75) is 56.9 Å². The number of carbonyl (C=O) groups excluding carboxylic acids is 1. The minimum atomic E-state index is -0.506. The summed E-state index contributed by atoms with van der Waals surface area (Å²) in [6.07, 6.45) is 9.39. The molecule has 1 aliphatic heterocycles. The second-order valence-electron chi connectivity index (χ2n) is 5.88. The molecular formula is C14H29Cl2N3O. The Kier molecular flexibility index (Phi) is 9.81. The molecule has 2 aliphatic rings. The van der Waals surface area contributed by atoms with Crippen molar-refractivity contribution >= 4 is 30.7 Å². The van der Waals surface area contributed by atoms with Crippen LogP contribution in [0.1, 0.15) is 51.4 Å². The Bertz CT molecular complexity index is 280. The molecule has 0 spiro atoms. The number of hydrogen-bond donors (Lipinski definition) is 2. The van der Waals surface area contributed by atoms with E-state index in [1.807, 2.05) is 0 Å². The topological polar surface area (TPSA) is 58.4 Å². The Morgan fingerprint density at radius 1 is 1.05 bits per heavy atom. The van der Waals surface area contributed by atoms with Crippen molar-refractivity contribution in [3.8, 4) is 0 Å². The second kappa shape index (κ2) is 9.82. The SMILES string of the molecule is Cl.Cl.NC1(C(=O)NCCCCCN2CCCCC2)CC1. The number of piperidine rings is 1. The minimum absolute atomic E-state index is 0. The largest absolute Gasteiger partial charge is 0.355 e. The molecule has 1 amide bonds. The van der Waals surface area contributed by atoms with E-state index in [-0.39, 0.29) is 30.7 Å². The van der Waals surface area contributed by atoms with Crippen LogP contribution in [0.25, 0.3) is 0 Å². The Morgan fingerprint density at radius 2 is 1.70 bits per heavy atom. The van der Waals surface area contributed by atoms with Gasteiger partial charge in [-0.3, -0.25) is 4.79 Å². The predicted molar refractivity (Wildman–Crippen MR) is 87.8 cm³/mol. The lowest BCUT2D eigenvalue weighted by Gasteiger charge is -2.26. The lowest BCUT2D eigenvalue weighted by molar-refractivity contribution is -0.123. The third-order valence-electron chi connectivity index (χ3n) is 4.13. The van der Waals surface area contributed by atoms with Crippen LogP contribution in [0.2, 0.25) is 0 Å². The number of hydrogen-bond acceptors (Lipinski definition) is 3. The first-order valence-corrected chi connectivity index (χ1v) is 7.50. The van der Waals surface area contributed by atoms with Crippen LogP contribution in [0.4, 0.5) is 0 Å². The number of amides is 1. The third-order valence-corrected chi connectivity index (χ3v) is 4.13. The fourth-order valence-electron chi connectivity index (χ4n) is 2.56. The second-order valence-corrected chi connectivity index (χ2v) is 5.88. The number of nitrogens with zero attached hydrogens (tertiary/aromatic N) is 1. The Hall–Kier alpha value is -0.0300. The fourth-order valence-corrected chi connectivity index (χ4v) is 2.56. The van der Waals surface area contributed by atoms with Crippen LogP contribution in [-0.4, -0.2) is 42.5 Å². The average Bonchev–Trinajstić information content (AvgIpc) is 3.14. The van der Waals surface area contributed by atoms with Crippen LogP contribution in [0.3, 0.4) is 0 Å². The molecule has 2 fully saturated rings. The molecule has 0 unspecified atom stereocenters. The summed E-state index contributed by atoms with van der Waals surface area (Å²) in [5, 5.41) is 2.95. The normalized spacial score (nSPS) is 20.4. The van der Waals surface area contributed by atoms with Crippen LogP contribution >= 0.6 is 24.8 Å². The molecule has 0 atom stereocenters. The van der Waals surface area contributed by atoms with Gasteiger partial charge in [-0.2, -0.15) is 0 Å². The predicted octanol–water partition coefficient (Wildman–Crippen LogP) is 2.09. The number of carbonyl (C=O) groups is 1. The van der Waals surface area contributed by atoms with Crippen molar-refractivity contribution in [2.75, 3.05) is 26.2 Å². The first-order chi connectivity index (χ1) is 8.71. The summed E-state index contributed by atoms with van der Waals surface area (Å²) >= 11 is 0. The van der Waals surface area contributed by atoms with Gasteiger partial charge in [0.1, 0.15) is 0 Å². The highest BCUT2D eigenvalue weighted by atomic mass is 35.5. The highest BCUT2D eigenvalue weighted by Gasteiger charge is 2.45. The Labute approximate surface area is 135 Å². The third kappa shape index (κ3) is 6.61. The molecule has 0 aromatic rings. The standard InChI is InChI=1S/C14H27N3O.2ClH/c15-14(7-8-14)13(18)16-9-3-1-4-10-17-11-5-2-6-12-17;;/h1-12,15H2,(H,16,18);2*1H. The smallest absolute Gasteiger partial charge is 0.240 e. The van der Waals surface area contributed by atoms with Crippen molar-refractivity contribution in [3.63, 3.8) is 0 Å². The van der Waals surface area contributed by atoms with Crippen molar-refractivity contribution in [1.82, 2.24) is 10.2 Å². The number of halogens is 2. The van der Waals surface area contributed by atoms with Crippen LogP contribution in [-0.2, 0) is 4.79 Å². The van der Waals surface area contributed by atoms with E-state index in [4.69, 9.17) is 5.73 Å². The number of nitrogens with one attached hydrogen (secondary N) is 1. The van der Waals surface area contributed by atoms with Gasteiger partial charge in [0.25, 0.3) is 0 Å². The maximum atomic E-state index is 11.6. The van der Waals surface area contributed by atoms with Crippen molar-refractivity contribution < 1.29 is 4.79 Å². The first kappa shape index (κ1) is 20.0. The molecule has 0 aromatic heterocycles. The summed E-state index contributed by atoms with van der Waals surface area (Å²) in [7, 11) is 0. The van der Waals surface area contributed by atoms with E-state index in [9.17, 15) is 4.79 Å². The summed E-state index contributed by atoms with van der Waals surface area (Å²) in [6.45, 7) is 4.59. The van der Waals surface area contributed by atoms with Gasteiger partial charge in [-0.25, -0.2) is 0 Å². The van der Waals surface area contributed by atoms with E-state index in [1.165, 1.54) is 51.7 Å². The molecule has 120 valence electrons. The van der Waals surface area contributed by atoms with Gasteiger partial charge in [0.2, 0.25) is 5.91 Å². The molecule has 2 rings (SSSR count). The van der Waals surface area contributed by atoms with Crippen LogP contribution in [0.5, 0.6) is 0 Å². The van der Waals surface area contributed by atoms with Crippen LogP contribution in [0.15, 0.2) is 0 Å². The number of unbranched alkanes of at least 4 members (excludes halogenated alkanes) is 2. The zero-order valence-corrected chi connectivity index (χ0v) is 13.9. The van der Waals surface area contributed by atoms with Gasteiger partial charge in [0, 0.05) is 6.54 Å². The summed E-state index contributed by atoms with van der Waals surface area (Å²) in [5.41, 5.74) is 5.30. The Morgan fingerprint density at radius 3 is 2.30 bits per heavy atom. The van der Waals surface area contributed by atoms with Gasteiger partial charge >= 0.3 is 0 Å². The highest BCUT2D eigenvalue weighted by Crippen LogP contribution is 2.31. The molecular weight excluding hydrogens is 297 g/mol. The molecule has 1 heterocycles. The lowest BCUT2D eigenvalue weighted by atomic mass is 10.1. The van der Waals surface area contributed by atoms with Gasteiger partial charge in [-0.15, -0.1) is 24.8 Å². The van der Waals surface area contributed by atoms with E-state index >= 15 is 0 Å². The van der Waals surface area contributed by atoms with Gasteiger partial charge < -0.3 is 16.0 Å². The summed E-state index contributed by atoms with van der Waals surface area (Å²) < 4.78 is 0. The zero-order chi connectivity index (χ0) is 12.8. The van der Waals surface area contributed by atoms with Gasteiger partial charge in [0.15, 0.2) is 0 Å². The fraction of sp³-hybridized carbons (Fsp3) is 0.929. The summed E-state index contributed by atoms with van der Waals surface area (Å²) in [4.78, 5) is 14.1. The van der Waals surface area contributed by atoms with E-state index in [1.54, 1.807) is 0 Å². The number of likely N-dealkylation sites (tertiary alicyclic amines) is 1. The monoisotopic (exact) mass is 325 g/mol. The van der Waals surface area contributed by atoms with Crippen LogP contribution in [0, 0.1) is 0 Å². The van der Waals surface area contributed by atoms with Gasteiger partial charge in [-0.05, 0) is 58.2 Å². The molecule has 20 heavy (non-hydrogen) atoms. The van der Waals surface area contributed by atoms with E-state index < -0.39 is 5.54 Å². The van der Waals surface area contributed by atoms with Crippen molar-refractivity contribution in [2.24, 2.45) is 5.73 Å². The van der Waals surface area contributed by atoms with Crippen molar-refractivity contribution in [1.29, 1.82) is 0 Å². The van der Waals surface area contributed by atoms with E-state index in [2.05, 4.69) is 10.2 Å². The zero-order valence-electron chi connectivity index (χ0n) is 12.2. The molecule has 3 N–H and O–H groups in total. The highest BCUT2D eigenvalue weighted by molar-refractivity contribution is 5.88. The molecule has 1 saturated heterocycles. The average molecular weight is 326 g/mol. The molecule has 0 radical (unpaired) electrons. The molecule has 0 aromatic carbocycles. The number of rotatable bonds is 7. The Balaban J connectivity index is 0.00000180. The maximum absolute atomic E-state index is 11.6. The first-order valence-electron chi connectivity index (χ1n) is 7.50.